The minimum atomic E-state index is 0.618. The summed E-state index contributed by atoms with van der Waals surface area (Å²) in [7, 11) is 0. The van der Waals surface area contributed by atoms with Crippen molar-refractivity contribution in [3.05, 3.63) is 42.2 Å². The predicted octanol–water partition coefficient (Wildman–Crippen LogP) is 2.38. The lowest BCUT2D eigenvalue weighted by atomic mass is 10.2. The van der Waals surface area contributed by atoms with Crippen LogP contribution in [0.4, 0.5) is 0 Å². The molecule has 3 rings (SSSR count). The average Bonchev–Trinajstić information content (AvgIpc) is 2.85. The highest BCUT2D eigenvalue weighted by Crippen LogP contribution is 2.24. The first kappa shape index (κ1) is 11.4. The molecular formula is C14H11N5. The molecule has 3 aromatic rings. The largest absolute Gasteiger partial charge is 0.324 e. The molecule has 0 saturated heterocycles. The van der Waals surface area contributed by atoms with Gasteiger partial charge in [-0.05, 0) is 31.2 Å². The standard InChI is InChI=1S/C14H11N5/c1-2-19-13-4-3-10(8-15)7-12(13)18-14(19)11-5-6-16-17-9-11/h3-7,9H,2H2,1H3. The maximum Gasteiger partial charge on any atom is 0.142 e. The van der Waals surface area contributed by atoms with Crippen LogP contribution < -0.4 is 0 Å². The highest BCUT2D eigenvalue weighted by Gasteiger charge is 2.11. The molecule has 19 heavy (non-hydrogen) atoms. The smallest absolute Gasteiger partial charge is 0.142 e. The number of nitriles is 1. The van der Waals surface area contributed by atoms with Crippen molar-refractivity contribution in [2.45, 2.75) is 13.5 Å². The Morgan fingerprint density at radius 1 is 1.26 bits per heavy atom. The Morgan fingerprint density at radius 3 is 2.84 bits per heavy atom. The second kappa shape index (κ2) is 4.50. The molecule has 0 fully saturated rings. The van der Waals surface area contributed by atoms with Gasteiger partial charge in [0.25, 0.3) is 0 Å². The monoisotopic (exact) mass is 249 g/mol. The van der Waals surface area contributed by atoms with Gasteiger partial charge in [0, 0.05) is 12.1 Å². The van der Waals surface area contributed by atoms with Crippen LogP contribution in [-0.4, -0.2) is 19.7 Å². The highest BCUT2D eigenvalue weighted by atomic mass is 15.1. The molecule has 0 spiro atoms. The Kier molecular flexibility index (Phi) is 2.69. The zero-order valence-electron chi connectivity index (χ0n) is 10.4. The lowest BCUT2D eigenvalue weighted by Gasteiger charge is -2.04. The van der Waals surface area contributed by atoms with Crippen LogP contribution in [0.5, 0.6) is 0 Å². The van der Waals surface area contributed by atoms with Crippen LogP contribution in [0.2, 0.25) is 0 Å². The van der Waals surface area contributed by atoms with E-state index in [9.17, 15) is 0 Å². The van der Waals surface area contributed by atoms with Crippen molar-refractivity contribution in [1.29, 1.82) is 5.26 Å². The van der Waals surface area contributed by atoms with Crippen molar-refractivity contribution < 1.29 is 0 Å². The first-order valence-electron chi connectivity index (χ1n) is 6.01. The summed E-state index contributed by atoms with van der Waals surface area (Å²) in [5.41, 5.74) is 3.39. The van der Waals surface area contributed by atoms with Crippen molar-refractivity contribution in [1.82, 2.24) is 19.7 Å². The fourth-order valence-corrected chi connectivity index (χ4v) is 2.16. The van der Waals surface area contributed by atoms with E-state index in [-0.39, 0.29) is 0 Å². The second-order valence-electron chi connectivity index (χ2n) is 4.13. The fraction of sp³-hybridized carbons (Fsp3) is 0.143. The van der Waals surface area contributed by atoms with Gasteiger partial charge in [-0.25, -0.2) is 4.98 Å². The Morgan fingerprint density at radius 2 is 2.16 bits per heavy atom. The van der Waals surface area contributed by atoms with Crippen molar-refractivity contribution in [3.63, 3.8) is 0 Å². The Balaban J connectivity index is 2.28. The molecule has 0 unspecified atom stereocenters. The van der Waals surface area contributed by atoms with Gasteiger partial charge >= 0.3 is 0 Å². The van der Waals surface area contributed by atoms with E-state index >= 15 is 0 Å². The van der Waals surface area contributed by atoms with E-state index in [4.69, 9.17) is 5.26 Å². The molecule has 5 nitrogen and oxygen atoms in total. The third-order valence-electron chi connectivity index (χ3n) is 3.04. The zero-order chi connectivity index (χ0) is 13.2. The Hall–Kier alpha value is -2.74. The fourth-order valence-electron chi connectivity index (χ4n) is 2.16. The number of benzene rings is 1. The SMILES string of the molecule is CCn1c(-c2ccnnc2)nc2cc(C#N)ccc21. The summed E-state index contributed by atoms with van der Waals surface area (Å²) in [5.74, 6) is 0.850. The number of rotatable bonds is 2. The van der Waals surface area contributed by atoms with Crippen LogP contribution in [0.3, 0.4) is 0 Å². The van der Waals surface area contributed by atoms with Gasteiger partial charge in [-0.3, -0.25) is 0 Å². The molecule has 92 valence electrons. The van der Waals surface area contributed by atoms with Crippen LogP contribution in [0, 0.1) is 11.3 Å². The maximum atomic E-state index is 8.94. The average molecular weight is 249 g/mol. The van der Waals surface area contributed by atoms with Gasteiger partial charge in [-0.2, -0.15) is 15.5 Å². The molecule has 1 aromatic carbocycles. The molecule has 2 aromatic heterocycles. The molecule has 0 radical (unpaired) electrons. The molecule has 2 heterocycles. The number of hydrogen-bond acceptors (Lipinski definition) is 4. The Bertz CT molecular complexity index is 768. The normalized spacial score (nSPS) is 10.5. The summed E-state index contributed by atoms with van der Waals surface area (Å²) < 4.78 is 2.10. The van der Waals surface area contributed by atoms with Gasteiger partial charge in [-0.15, -0.1) is 0 Å². The third kappa shape index (κ3) is 1.83. The van der Waals surface area contributed by atoms with Crippen molar-refractivity contribution >= 4 is 11.0 Å². The van der Waals surface area contributed by atoms with Gasteiger partial charge in [0.05, 0.1) is 35.1 Å². The van der Waals surface area contributed by atoms with E-state index in [1.54, 1.807) is 18.5 Å². The van der Waals surface area contributed by atoms with Crippen LogP contribution in [0.1, 0.15) is 12.5 Å². The number of nitrogens with zero attached hydrogens (tertiary/aromatic N) is 5. The second-order valence-corrected chi connectivity index (χ2v) is 4.13. The quantitative estimate of drug-likeness (QED) is 0.699. The molecule has 0 bridgehead atoms. The van der Waals surface area contributed by atoms with Gasteiger partial charge in [0.1, 0.15) is 5.82 Å². The van der Waals surface area contributed by atoms with Crippen molar-refractivity contribution in [2.24, 2.45) is 0 Å². The molecule has 0 aliphatic carbocycles. The van der Waals surface area contributed by atoms with Gasteiger partial charge in [0.15, 0.2) is 0 Å². The molecule has 0 saturated carbocycles. The van der Waals surface area contributed by atoms with E-state index in [1.807, 2.05) is 18.2 Å². The summed E-state index contributed by atoms with van der Waals surface area (Å²) in [4.78, 5) is 4.61. The van der Waals surface area contributed by atoms with Crippen molar-refractivity contribution in [3.8, 4) is 17.5 Å². The number of hydrogen-bond donors (Lipinski definition) is 0. The molecular weight excluding hydrogens is 238 g/mol. The number of fused-ring (bicyclic) bond motifs is 1. The third-order valence-corrected chi connectivity index (χ3v) is 3.04. The first-order valence-corrected chi connectivity index (χ1v) is 6.01. The predicted molar refractivity (Wildman–Crippen MR) is 71.1 cm³/mol. The number of aromatic nitrogens is 4. The number of aryl methyl sites for hydroxylation is 1. The minimum absolute atomic E-state index is 0.618. The van der Waals surface area contributed by atoms with E-state index < -0.39 is 0 Å². The molecule has 5 heteroatoms. The summed E-state index contributed by atoms with van der Waals surface area (Å²) in [6.07, 6.45) is 3.34. The molecule has 0 amide bonds. The van der Waals surface area contributed by atoms with Crippen LogP contribution in [0.15, 0.2) is 36.7 Å². The lowest BCUT2D eigenvalue weighted by molar-refractivity contribution is 0.795. The molecule has 0 atom stereocenters. The maximum absolute atomic E-state index is 8.94. The van der Waals surface area contributed by atoms with Crippen LogP contribution in [-0.2, 0) is 6.54 Å². The van der Waals surface area contributed by atoms with Crippen LogP contribution >= 0.6 is 0 Å². The van der Waals surface area contributed by atoms with E-state index in [0.717, 1.165) is 29.0 Å². The minimum Gasteiger partial charge on any atom is -0.324 e. The summed E-state index contributed by atoms with van der Waals surface area (Å²) in [5, 5.41) is 16.6. The number of imidazole rings is 1. The zero-order valence-corrected chi connectivity index (χ0v) is 10.4. The van der Waals surface area contributed by atoms with Gasteiger partial charge in [0.2, 0.25) is 0 Å². The van der Waals surface area contributed by atoms with E-state index in [2.05, 4.69) is 32.7 Å². The van der Waals surface area contributed by atoms with Gasteiger partial charge < -0.3 is 4.57 Å². The first-order chi connectivity index (χ1) is 9.33. The molecule has 0 aliphatic heterocycles. The summed E-state index contributed by atoms with van der Waals surface area (Å²) >= 11 is 0. The lowest BCUT2D eigenvalue weighted by Crippen LogP contribution is -1.97. The summed E-state index contributed by atoms with van der Waals surface area (Å²) in [6.45, 7) is 2.87. The topological polar surface area (TPSA) is 67.4 Å². The van der Waals surface area contributed by atoms with Crippen LogP contribution in [0.25, 0.3) is 22.4 Å². The van der Waals surface area contributed by atoms with Crippen molar-refractivity contribution in [2.75, 3.05) is 0 Å². The van der Waals surface area contributed by atoms with E-state index in [1.165, 1.54) is 0 Å². The molecule has 0 aliphatic rings. The molecule has 0 N–H and O–H groups in total. The Labute approximate surface area is 110 Å². The highest BCUT2D eigenvalue weighted by molar-refractivity contribution is 5.81. The summed E-state index contributed by atoms with van der Waals surface area (Å²) in [6, 6.07) is 9.56. The van der Waals surface area contributed by atoms with E-state index in [0.29, 0.717) is 5.56 Å². The van der Waals surface area contributed by atoms with Gasteiger partial charge in [-0.1, -0.05) is 0 Å².